The summed E-state index contributed by atoms with van der Waals surface area (Å²) in [5, 5.41) is 11.2. The lowest BCUT2D eigenvalue weighted by Gasteiger charge is -2.24. The molecule has 3 heterocycles. The highest BCUT2D eigenvalue weighted by molar-refractivity contribution is 7.17. The number of thiazole rings is 1. The highest BCUT2D eigenvalue weighted by Crippen LogP contribution is 2.44. The molecule has 208 valence electrons. The van der Waals surface area contributed by atoms with Gasteiger partial charge < -0.3 is 19.0 Å². The molecule has 2 aromatic heterocycles. The summed E-state index contributed by atoms with van der Waals surface area (Å²) in [5.74, 6) is -1.86. The van der Waals surface area contributed by atoms with Crippen LogP contribution in [0.2, 0.25) is 0 Å². The van der Waals surface area contributed by atoms with Crippen LogP contribution in [0.25, 0.3) is 0 Å². The summed E-state index contributed by atoms with van der Waals surface area (Å²) < 4.78 is 16.7. The number of ketones is 1. The Labute approximate surface area is 240 Å². The second-order valence-corrected chi connectivity index (χ2v) is 10.2. The summed E-state index contributed by atoms with van der Waals surface area (Å²) in [6.07, 6.45) is 1.44. The highest BCUT2D eigenvalue weighted by Gasteiger charge is 2.47. The molecule has 0 fully saturated rings. The average molecular weight is 571 g/mol. The SMILES string of the molecule is C=CCOC(=O)c1sc(N2C(=O)C(O)=C(C(=O)c3ccc(C)o3)C2c2cccc(OCc3ccccc3)c2)nc1C. The third-order valence-electron chi connectivity index (χ3n) is 6.35. The van der Waals surface area contributed by atoms with Gasteiger partial charge in [-0.2, -0.15) is 0 Å². The maximum atomic E-state index is 13.6. The molecule has 4 aromatic rings. The van der Waals surface area contributed by atoms with Crippen molar-refractivity contribution in [3.63, 3.8) is 0 Å². The summed E-state index contributed by atoms with van der Waals surface area (Å²) in [4.78, 5) is 45.6. The number of amides is 1. The fourth-order valence-electron chi connectivity index (χ4n) is 4.43. The molecule has 1 aliphatic rings. The van der Waals surface area contributed by atoms with Crippen LogP contribution in [0, 0.1) is 13.8 Å². The van der Waals surface area contributed by atoms with E-state index < -0.39 is 29.5 Å². The smallest absolute Gasteiger partial charge is 0.350 e. The molecule has 1 unspecified atom stereocenters. The van der Waals surface area contributed by atoms with Crippen molar-refractivity contribution >= 4 is 34.1 Å². The third-order valence-corrected chi connectivity index (χ3v) is 7.48. The van der Waals surface area contributed by atoms with Gasteiger partial charge in [-0.3, -0.25) is 14.5 Å². The molecule has 9 nitrogen and oxygen atoms in total. The van der Waals surface area contributed by atoms with Crippen LogP contribution in [0.4, 0.5) is 5.13 Å². The van der Waals surface area contributed by atoms with Gasteiger partial charge in [0.15, 0.2) is 16.7 Å². The standard InChI is InChI=1S/C31H26N2O7S/c1-4-15-38-30(37)28-19(3)32-31(41-28)33-25(24(27(35)29(33)36)26(34)23-14-13-18(2)40-23)21-11-8-12-22(16-21)39-17-20-9-6-5-7-10-20/h4-14,16,25,35H,1,15,17H2,2-3H3. The van der Waals surface area contributed by atoms with Crippen LogP contribution in [0.1, 0.15) is 48.8 Å². The minimum absolute atomic E-state index is 0.0100. The van der Waals surface area contributed by atoms with E-state index in [0.29, 0.717) is 29.4 Å². The van der Waals surface area contributed by atoms with Crippen LogP contribution in [-0.4, -0.2) is 34.4 Å². The first kappa shape index (κ1) is 27.6. The van der Waals surface area contributed by atoms with Gasteiger partial charge in [-0.05, 0) is 49.2 Å². The Morgan fingerprint density at radius 2 is 1.90 bits per heavy atom. The molecule has 0 spiro atoms. The molecule has 5 rings (SSSR count). The van der Waals surface area contributed by atoms with E-state index in [-0.39, 0.29) is 27.9 Å². The van der Waals surface area contributed by atoms with Crippen LogP contribution >= 0.6 is 11.3 Å². The van der Waals surface area contributed by atoms with E-state index in [1.54, 1.807) is 44.2 Å². The number of Topliss-reactive ketones (excluding diaryl/α,β-unsaturated/α-hetero) is 1. The predicted molar refractivity (Wildman–Crippen MR) is 152 cm³/mol. The summed E-state index contributed by atoms with van der Waals surface area (Å²) >= 11 is 0.926. The topological polar surface area (TPSA) is 119 Å². The van der Waals surface area contributed by atoms with Crippen LogP contribution in [0.15, 0.2) is 95.1 Å². The van der Waals surface area contributed by atoms with Gasteiger partial charge >= 0.3 is 5.97 Å². The Hall–Kier alpha value is -4.96. The minimum atomic E-state index is -1.08. The van der Waals surface area contributed by atoms with Crippen molar-refractivity contribution in [2.75, 3.05) is 11.5 Å². The molecule has 1 N–H and O–H groups in total. The number of aryl methyl sites for hydroxylation is 2. The number of hydrogen-bond donors (Lipinski definition) is 1. The number of rotatable bonds is 10. The van der Waals surface area contributed by atoms with Gasteiger partial charge in [-0.25, -0.2) is 9.78 Å². The normalized spacial score (nSPS) is 14.8. The van der Waals surface area contributed by atoms with Crippen LogP contribution < -0.4 is 9.64 Å². The van der Waals surface area contributed by atoms with E-state index in [4.69, 9.17) is 13.9 Å². The van der Waals surface area contributed by atoms with Crippen molar-refractivity contribution in [2.45, 2.75) is 26.5 Å². The maximum absolute atomic E-state index is 13.6. The number of nitrogens with zero attached hydrogens (tertiary/aromatic N) is 2. The predicted octanol–water partition coefficient (Wildman–Crippen LogP) is 6.06. The average Bonchev–Trinajstić information content (AvgIpc) is 3.66. The molecule has 0 bridgehead atoms. The number of carbonyl (C=O) groups is 3. The molecule has 0 radical (unpaired) electrons. The fourth-order valence-corrected chi connectivity index (χ4v) is 5.42. The highest BCUT2D eigenvalue weighted by atomic mass is 32.1. The van der Waals surface area contributed by atoms with Gasteiger partial charge in [0.1, 0.15) is 29.6 Å². The number of anilines is 1. The first-order valence-corrected chi connectivity index (χ1v) is 13.5. The molecular formula is C31H26N2O7S. The van der Waals surface area contributed by atoms with Gasteiger partial charge in [0, 0.05) is 0 Å². The molecular weight excluding hydrogens is 544 g/mol. The van der Waals surface area contributed by atoms with Gasteiger partial charge in [0.2, 0.25) is 5.78 Å². The quantitative estimate of drug-likeness (QED) is 0.139. The van der Waals surface area contributed by atoms with Crippen molar-refractivity contribution in [1.29, 1.82) is 0 Å². The number of aliphatic hydroxyl groups is 1. The van der Waals surface area contributed by atoms with Crippen molar-refractivity contribution < 1.29 is 33.4 Å². The van der Waals surface area contributed by atoms with Crippen LogP contribution in [0.3, 0.4) is 0 Å². The number of benzene rings is 2. The summed E-state index contributed by atoms with van der Waals surface area (Å²) in [5.41, 5.74) is 1.62. The largest absolute Gasteiger partial charge is 0.503 e. The Kier molecular flexibility index (Phi) is 7.84. The van der Waals surface area contributed by atoms with Crippen LogP contribution in [0.5, 0.6) is 5.75 Å². The second kappa shape index (κ2) is 11.6. The Bertz CT molecular complexity index is 1670. The van der Waals surface area contributed by atoms with Crippen LogP contribution in [-0.2, 0) is 16.1 Å². The molecule has 1 amide bonds. The lowest BCUT2D eigenvalue weighted by Crippen LogP contribution is -2.31. The van der Waals surface area contributed by atoms with E-state index in [9.17, 15) is 19.5 Å². The number of carbonyl (C=O) groups excluding carboxylic acids is 3. The van der Waals surface area contributed by atoms with E-state index >= 15 is 0 Å². The number of aromatic nitrogens is 1. The monoisotopic (exact) mass is 570 g/mol. The zero-order valence-corrected chi connectivity index (χ0v) is 23.1. The molecule has 2 aromatic carbocycles. The Morgan fingerprint density at radius 3 is 2.61 bits per heavy atom. The van der Waals surface area contributed by atoms with E-state index in [1.807, 2.05) is 30.3 Å². The molecule has 41 heavy (non-hydrogen) atoms. The van der Waals surface area contributed by atoms with Gasteiger partial charge in [-0.15, -0.1) is 0 Å². The van der Waals surface area contributed by atoms with Gasteiger partial charge in [0.25, 0.3) is 5.91 Å². The van der Waals surface area contributed by atoms with E-state index in [2.05, 4.69) is 11.6 Å². The molecule has 0 saturated heterocycles. The van der Waals surface area contributed by atoms with Gasteiger partial charge in [-0.1, -0.05) is 66.5 Å². The number of aliphatic hydroxyl groups excluding tert-OH is 1. The number of furan rings is 1. The summed E-state index contributed by atoms with van der Waals surface area (Å²) in [6, 6.07) is 18.6. The van der Waals surface area contributed by atoms with Crippen molar-refractivity contribution in [1.82, 2.24) is 4.98 Å². The second-order valence-electron chi connectivity index (χ2n) is 9.22. The zero-order chi connectivity index (χ0) is 29.1. The van der Waals surface area contributed by atoms with E-state index in [1.165, 1.54) is 17.0 Å². The minimum Gasteiger partial charge on any atom is -0.503 e. The number of ether oxygens (including phenoxy) is 2. The molecule has 1 atom stereocenters. The first-order chi connectivity index (χ1) is 19.8. The summed E-state index contributed by atoms with van der Waals surface area (Å²) in [6.45, 7) is 7.16. The maximum Gasteiger partial charge on any atom is 0.350 e. The van der Waals surface area contributed by atoms with Crippen molar-refractivity contribution in [3.8, 4) is 5.75 Å². The lowest BCUT2D eigenvalue weighted by atomic mass is 9.95. The van der Waals surface area contributed by atoms with Crippen molar-refractivity contribution in [3.05, 3.63) is 124 Å². The summed E-state index contributed by atoms with van der Waals surface area (Å²) in [7, 11) is 0. The number of esters is 1. The van der Waals surface area contributed by atoms with Crippen molar-refractivity contribution in [2.24, 2.45) is 0 Å². The number of hydrogen-bond acceptors (Lipinski definition) is 9. The Morgan fingerprint density at radius 1 is 1.12 bits per heavy atom. The Balaban J connectivity index is 1.56. The van der Waals surface area contributed by atoms with E-state index in [0.717, 1.165) is 16.9 Å². The van der Waals surface area contributed by atoms with Gasteiger partial charge in [0.05, 0.1) is 17.3 Å². The lowest BCUT2D eigenvalue weighted by molar-refractivity contribution is -0.117. The molecule has 0 saturated carbocycles. The first-order valence-electron chi connectivity index (χ1n) is 12.7. The molecule has 1 aliphatic heterocycles. The molecule has 10 heteroatoms. The third kappa shape index (κ3) is 5.55. The fraction of sp³-hybridized carbons (Fsp3) is 0.161. The zero-order valence-electron chi connectivity index (χ0n) is 22.3. The molecule has 0 aliphatic carbocycles.